The van der Waals surface area contributed by atoms with E-state index in [0.717, 1.165) is 11.1 Å². The molecule has 3 aliphatic rings. The zero-order valence-corrected chi connectivity index (χ0v) is 28.0. The number of anilines is 1. The quantitative estimate of drug-likeness (QED) is 0.344. The molecule has 3 aliphatic heterocycles. The van der Waals surface area contributed by atoms with Gasteiger partial charge in [0.05, 0.1) is 25.3 Å². The van der Waals surface area contributed by atoms with Gasteiger partial charge in [0.25, 0.3) is 0 Å². The molecule has 0 saturated carbocycles. The van der Waals surface area contributed by atoms with Crippen LogP contribution in [0.25, 0.3) is 0 Å². The number of epoxide rings is 1. The third-order valence-electron chi connectivity index (χ3n) is 8.80. The minimum absolute atomic E-state index is 0.00495. The average molecular weight is 649 g/mol. The monoisotopic (exact) mass is 648 g/mol. The summed E-state index contributed by atoms with van der Waals surface area (Å²) in [6, 6.07) is 3.64. The van der Waals surface area contributed by atoms with Crippen LogP contribution in [0, 0.1) is 11.8 Å². The molecule has 0 aliphatic carbocycles. The number of rotatable bonds is 5. The Bertz CT molecular complexity index is 1360. The Labute approximate surface area is 269 Å². The van der Waals surface area contributed by atoms with Crippen molar-refractivity contribution in [2.75, 3.05) is 26.2 Å². The summed E-state index contributed by atoms with van der Waals surface area (Å²) in [6.45, 7) is 9.36. The lowest BCUT2D eigenvalue weighted by Crippen LogP contribution is -2.63. The maximum Gasteiger partial charge on any atom is 0.409 e. The van der Waals surface area contributed by atoms with Crippen LogP contribution in [0.15, 0.2) is 35.9 Å². The van der Waals surface area contributed by atoms with E-state index in [1.807, 2.05) is 45.9 Å². The summed E-state index contributed by atoms with van der Waals surface area (Å²) in [5, 5.41) is 14.4. The highest BCUT2D eigenvalue weighted by molar-refractivity contribution is 6.35. The number of methoxy groups -OCH3 is 2. The summed E-state index contributed by atoms with van der Waals surface area (Å²) >= 11 is 6.70. The number of hydrogen-bond acceptors (Lipinski definition) is 9. The molecule has 1 aromatic rings. The summed E-state index contributed by atoms with van der Waals surface area (Å²) in [5.41, 5.74) is -0.578. The molecule has 3 heterocycles. The van der Waals surface area contributed by atoms with Crippen molar-refractivity contribution in [2.24, 2.45) is 11.8 Å². The Balaban J connectivity index is 1.79. The van der Waals surface area contributed by atoms with E-state index in [1.54, 1.807) is 26.1 Å². The van der Waals surface area contributed by atoms with Crippen molar-refractivity contribution in [3.05, 3.63) is 46.5 Å². The van der Waals surface area contributed by atoms with E-state index in [9.17, 15) is 19.5 Å². The van der Waals surface area contributed by atoms with E-state index >= 15 is 0 Å². The van der Waals surface area contributed by atoms with Gasteiger partial charge in [-0.15, -0.1) is 0 Å². The number of nitrogens with one attached hydrogen (secondary N) is 1. The molecule has 11 nitrogen and oxygen atoms in total. The third kappa shape index (κ3) is 7.65. The van der Waals surface area contributed by atoms with E-state index in [4.69, 9.17) is 35.3 Å². The normalized spacial score (nSPS) is 32.3. The van der Waals surface area contributed by atoms with Gasteiger partial charge in [-0.3, -0.25) is 14.9 Å². The van der Waals surface area contributed by atoms with Gasteiger partial charge >= 0.3 is 12.1 Å². The van der Waals surface area contributed by atoms with Gasteiger partial charge in [-0.2, -0.15) is 0 Å². The lowest BCUT2D eigenvalue weighted by atomic mass is 9.83. The standard InChI is InChI=1S/C33H45ClN2O9/c1-18(2)12-28(38)44-26-16-27(37)36(6)22-14-21(15-23(41-7)29(22)34)13-19(3)10-9-11-25(42-8)33(40)17-24(43-31(39)35-33)20(4)30-32(26,5)45-30/h9-11,14-15,18,20,24-26,30,40H,12-13,16-17H2,1-8H3,(H,35,39)/t20-,24+,25-,26?,30+,32+,33+/m1/s1. The van der Waals surface area contributed by atoms with Crippen LogP contribution in [-0.2, 0) is 35.0 Å². The number of amides is 2. The summed E-state index contributed by atoms with van der Waals surface area (Å²) in [4.78, 5) is 40.9. The first kappa shape index (κ1) is 34.7. The third-order valence-corrected chi connectivity index (χ3v) is 9.18. The van der Waals surface area contributed by atoms with E-state index in [1.165, 1.54) is 19.1 Å². The van der Waals surface area contributed by atoms with Crippen LogP contribution in [0.5, 0.6) is 5.75 Å². The lowest BCUT2D eigenvalue weighted by molar-refractivity contribution is -0.154. The van der Waals surface area contributed by atoms with Gasteiger partial charge in [-0.1, -0.05) is 56.2 Å². The van der Waals surface area contributed by atoms with Crippen molar-refractivity contribution < 1.29 is 43.2 Å². The van der Waals surface area contributed by atoms with Gasteiger partial charge < -0.3 is 33.7 Å². The molecule has 12 heteroatoms. The number of nitrogens with zero attached hydrogens (tertiary/aromatic N) is 1. The molecule has 2 N–H and O–H groups in total. The van der Waals surface area contributed by atoms with E-state index in [0.29, 0.717) is 17.9 Å². The van der Waals surface area contributed by atoms with Crippen LogP contribution in [0.1, 0.15) is 59.4 Å². The molecule has 45 heavy (non-hydrogen) atoms. The van der Waals surface area contributed by atoms with Crippen molar-refractivity contribution in [1.29, 1.82) is 0 Å². The molecule has 2 fully saturated rings. The fraction of sp³-hybridized carbons (Fsp3) is 0.606. The number of carbonyl (C=O) groups excluding carboxylic acids is 3. The molecule has 7 atom stereocenters. The minimum atomic E-state index is -1.77. The van der Waals surface area contributed by atoms with Crippen LogP contribution < -0.4 is 15.0 Å². The second-order valence-corrected chi connectivity index (χ2v) is 13.3. The number of benzene rings is 1. The Kier molecular flexibility index (Phi) is 10.6. The lowest BCUT2D eigenvalue weighted by Gasteiger charge is -2.42. The maximum atomic E-state index is 13.8. The Morgan fingerprint density at radius 3 is 2.62 bits per heavy atom. The van der Waals surface area contributed by atoms with E-state index < -0.39 is 53.7 Å². The molecule has 1 unspecified atom stereocenters. The van der Waals surface area contributed by atoms with Crippen LogP contribution >= 0.6 is 11.6 Å². The molecule has 248 valence electrons. The highest BCUT2D eigenvalue weighted by Crippen LogP contribution is 2.49. The first-order chi connectivity index (χ1) is 21.1. The Morgan fingerprint density at radius 1 is 1.27 bits per heavy atom. The van der Waals surface area contributed by atoms with Crippen molar-refractivity contribution in [1.82, 2.24) is 5.32 Å². The number of aliphatic hydroxyl groups is 1. The molecule has 0 aromatic heterocycles. The van der Waals surface area contributed by atoms with Crippen LogP contribution in [0.3, 0.4) is 0 Å². The molecule has 4 bridgehead atoms. The predicted octanol–water partition coefficient (Wildman–Crippen LogP) is 4.71. The topological polar surface area (TPSA) is 136 Å². The van der Waals surface area contributed by atoms with Crippen LogP contribution in [0.4, 0.5) is 10.5 Å². The molecular weight excluding hydrogens is 604 g/mol. The number of alkyl carbamates (subject to hydrolysis) is 1. The highest BCUT2D eigenvalue weighted by atomic mass is 35.5. The number of esters is 1. The highest BCUT2D eigenvalue weighted by Gasteiger charge is 2.64. The summed E-state index contributed by atoms with van der Waals surface area (Å²) in [7, 11) is 4.57. The van der Waals surface area contributed by atoms with Gasteiger partial charge in [-0.25, -0.2) is 4.79 Å². The second kappa shape index (κ2) is 13.7. The fourth-order valence-electron chi connectivity index (χ4n) is 6.15. The molecule has 4 rings (SSSR count). The zero-order chi connectivity index (χ0) is 33.3. The SMILES string of the molecule is COc1cc2cc(c1Cl)N(C)C(=O)CC(OC(=O)CC(C)C)[C@]1(C)O[C@H]1[C@H](C)[C@@H]1C[C@@](O)(NC(=O)O1)[C@H](OC)C=CC=C(C)C2. The molecule has 0 radical (unpaired) electrons. The van der Waals surface area contributed by atoms with E-state index in [-0.39, 0.29) is 36.1 Å². The molecule has 1 aromatic carbocycles. The summed E-state index contributed by atoms with van der Waals surface area (Å²) in [5.74, 6) is -0.779. The van der Waals surface area contributed by atoms with Crippen LogP contribution in [0.2, 0.25) is 5.02 Å². The number of hydrogen-bond donors (Lipinski definition) is 2. The minimum Gasteiger partial charge on any atom is -0.495 e. The number of allylic oxidation sites excluding steroid dienone is 3. The molecule has 2 amide bonds. The van der Waals surface area contributed by atoms with Gasteiger partial charge in [0.2, 0.25) is 5.91 Å². The smallest absolute Gasteiger partial charge is 0.409 e. The van der Waals surface area contributed by atoms with Crippen molar-refractivity contribution in [3.63, 3.8) is 0 Å². The number of ether oxygens (including phenoxy) is 5. The van der Waals surface area contributed by atoms with Crippen molar-refractivity contribution in [2.45, 2.75) is 96.0 Å². The predicted molar refractivity (Wildman–Crippen MR) is 168 cm³/mol. The zero-order valence-electron chi connectivity index (χ0n) is 27.2. The van der Waals surface area contributed by atoms with Gasteiger partial charge in [0.1, 0.15) is 34.7 Å². The Hall–Kier alpha value is -3.12. The van der Waals surface area contributed by atoms with Crippen molar-refractivity contribution in [3.8, 4) is 5.75 Å². The largest absolute Gasteiger partial charge is 0.495 e. The molecular formula is C33H45ClN2O9. The first-order valence-electron chi connectivity index (χ1n) is 15.2. The number of halogens is 1. The average Bonchev–Trinajstić information content (AvgIpc) is 3.65. The fourth-order valence-corrected chi connectivity index (χ4v) is 6.46. The summed E-state index contributed by atoms with van der Waals surface area (Å²) < 4.78 is 28.9. The van der Waals surface area contributed by atoms with Crippen LogP contribution in [-0.4, -0.2) is 80.1 Å². The second-order valence-electron chi connectivity index (χ2n) is 12.9. The maximum absolute atomic E-state index is 13.8. The van der Waals surface area contributed by atoms with Gasteiger partial charge in [0, 0.05) is 32.9 Å². The van der Waals surface area contributed by atoms with Gasteiger partial charge in [0.15, 0.2) is 5.72 Å². The first-order valence-corrected chi connectivity index (χ1v) is 15.6. The van der Waals surface area contributed by atoms with E-state index in [2.05, 4.69) is 5.32 Å². The summed E-state index contributed by atoms with van der Waals surface area (Å²) in [6.07, 6.45) is 1.84. The number of fused-ring (bicyclic) bond motifs is 5. The number of carbonyl (C=O) groups is 3. The molecule has 0 spiro atoms. The van der Waals surface area contributed by atoms with Gasteiger partial charge in [-0.05, 0) is 43.9 Å². The molecule has 2 saturated heterocycles. The Morgan fingerprint density at radius 2 is 1.98 bits per heavy atom. The van der Waals surface area contributed by atoms with Crippen molar-refractivity contribution >= 4 is 35.3 Å².